The van der Waals surface area contributed by atoms with Gasteiger partial charge in [-0.15, -0.1) is 0 Å². The molecule has 0 spiro atoms. The Morgan fingerprint density at radius 3 is 3.14 bits per heavy atom. The molecule has 0 saturated heterocycles. The standard InChI is InChI=1S/C16H17N3O2/c1-2-21-16(20)12-5-3-4-11(8-12)15-13-6-7-17-9-14(13)18-10-19-15/h3-5,8,10,17H,2,6-7,9H2,1H3. The molecule has 0 amide bonds. The van der Waals surface area contributed by atoms with E-state index in [0.717, 1.165) is 42.0 Å². The highest BCUT2D eigenvalue weighted by atomic mass is 16.5. The highest BCUT2D eigenvalue weighted by Gasteiger charge is 2.17. The molecule has 2 heterocycles. The van der Waals surface area contributed by atoms with E-state index >= 15 is 0 Å². The van der Waals surface area contributed by atoms with Crippen molar-refractivity contribution in [1.82, 2.24) is 15.3 Å². The van der Waals surface area contributed by atoms with E-state index in [2.05, 4.69) is 15.3 Å². The van der Waals surface area contributed by atoms with Crippen molar-refractivity contribution in [3.8, 4) is 11.3 Å². The summed E-state index contributed by atoms with van der Waals surface area (Å²) in [6.45, 7) is 3.86. The van der Waals surface area contributed by atoms with Gasteiger partial charge in [-0.25, -0.2) is 14.8 Å². The van der Waals surface area contributed by atoms with E-state index < -0.39 is 0 Å². The minimum atomic E-state index is -0.302. The summed E-state index contributed by atoms with van der Waals surface area (Å²) in [5.74, 6) is -0.302. The molecule has 1 aromatic heterocycles. The Labute approximate surface area is 123 Å². The molecule has 0 saturated carbocycles. The maximum Gasteiger partial charge on any atom is 0.338 e. The Balaban J connectivity index is 2.01. The molecule has 0 unspecified atom stereocenters. The number of esters is 1. The van der Waals surface area contributed by atoms with Gasteiger partial charge in [-0.3, -0.25) is 0 Å². The molecule has 0 atom stereocenters. The van der Waals surface area contributed by atoms with Gasteiger partial charge in [0, 0.05) is 17.7 Å². The molecule has 0 aliphatic carbocycles. The van der Waals surface area contributed by atoms with Crippen LogP contribution in [0.2, 0.25) is 0 Å². The van der Waals surface area contributed by atoms with Crippen molar-refractivity contribution in [3.63, 3.8) is 0 Å². The van der Waals surface area contributed by atoms with Gasteiger partial charge in [-0.1, -0.05) is 12.1 Å². The normalized spacial score (nSPS) is 13.6. The molecule has 5 heteroatoms. The molecule has 1 aliphatic heterocycles. The predicted octanol–water partition coefficient (Wildman–Crippen LogP) is 1.97. The van der Waals surface area contributed by atoms with Gasteiger partial charge in [0.1, 0.15) is 6.33 Å². The molecular weight excluding hydrogens is 266 g/mol. The summed E-state index contributed by atoms with van der Waals surface area (Å²) >= 11 is 0. The molecule has 0 bridgehead atoms. The van der Waals surface area contributed by atoms with Gasteiger partial charge in [-0.05, 0) is 32.0 Å². The van der Waals surface area contributed by atoms with E-state index in [9.17, 15) is 4.79 Å². The first-order valence-electron chi connectivity index (χ1n) is 7.10. The molecule has 0 fully saturated rings. The topological polar surface area (TPSA) is 64.1 Å². The van der Waals surface area contributed by atoms with Gasteiger partial charge in [0.15, 0.2) is 0 Å². The van der Waals surface area contributed by atoms with Crippen LogP contribution >= 0.6 is 0 Å². The van der Waals surface area contributed by atoms with E-state index in [-0.39, 0.29) is 5.97 Å². The minimum Gasteiger partial charge on any atom is -0.462 e. The zero-order valence-corrected chi connectivity index (χ0v) is 11.9. The van der Waals surface area contributed by atoms with Crippen LogP contribution in [0.4, 0.5) is 0 Å². The van der Waals surface area contributed by atoms with Crippen molar-refractivity contribution in [2.45, 2.75) is 19.9 Å². The molecular formula is C16H17N3O2. The zero-order valence-electron chi connectivity index (χ0n) is 11.9. The number of ether oxygens (including phenoxy) is 1. The van der Waals surface area contributed by atoms with Crippen LogP contribution in [0, 0.1) is 0 Å². The van der Waals surface area contributed by atoms with Crippen LogP contribution in [0.5, 0.6) is 0 Å². The van der Waals surface area contributed by atoms with Crippen LogP contribution in [0.3, 0.4) is 0 Å². The Kier molecular flexibility index (Phi) is 3.92. The molecule has 3 rings (SSSR count). The van der Waals surface area contributed by atoms with Crippen molar-refractivity contribution in [2.75, 3.05) is 13.2 Å². The Bertz CT molecular complexity index is 670. The van der Waals surface area contributed by atoms with Crippen LogP contribution in [-0.4, -0.2) is 29.1 Å². The first-order chi connectivity index (χ1) is 10.3. The second-order valence-corrected chi connectivity index (χ2v) is 4.88. The monoisotopic (exact) mass is 283 g/mol. The summed E-state index contributed by atoms with van der Waals surface area (Å²) in [5, 5.41) is 3.30. The van der Waals surface area contributed by atoms with E-state index in [1.54, 1.807) is 19.3 Å². The third-order valence-corrected chi connectivity index (χ3v) is 3.53. The van der Waals surface area contributed by atoms with Crippen molar-refractivity contribution >= 4 is 5.97 Å². The lowest BCUT2D eigenvalue weighted by Gasteiger charge is -2.18. The molecule has 0 radical (unpaired) electrons. The number of carbonyl (C=O) groups excluding carboxylic acids is 1. The third-order valence-electron chi connectivity index (χ3n) is 3.53. The number of nitrogens with zero attached hydrogens (tertiary/aromatic N) is 2. The molecule has 21 heavy (non-hydrogen) atoms. The third kappa shape index (κ3) is 2.78. The zero-order chi connectivity index (χ0) is 14.7. The lowest BCUT2D eigenvalue weighted by Crippen LogP contribution is -2.25. The summed E-state index contributed by atoms with van der Waals surface area (Å²) in [6.07, 6.45) is 2.48. The Morgan fingerprint density at radius 1 is 1.38 bits per heavy atom. The maximum atomic E-state index is 11.9. The summed E-state index contributed by atoms with van der Waals surface area (Å²) in [4.78, 5) is 20.6. The number of carbonyl (C=O) groups is 1. The van der Waals surface area contributed by atoms with Crippen molar-refractivity contribution < 1.29 is 9.53 Å². The number of nitrogens with one attached hydrogen (secondary N) is 1. The van der Waals surface area contributed by atoms with Gasteiger partial charge < -0.3 is 10.1 Å². The first-order valence-corrected chi connectivity index (χ1v) is 7.10. The number of rotatable bonds is 3. The number of aromatic nitrogens is 2. The summed E-state index contributed by atoms with van der Waals surface area (Å²) in [6, 6.07) is 7.42. The van der Waals surface area contributed by atoms with Crippen molar-refractivity contribution in [3.05, 3.63) is 47.4 Å². The highest BCUT2D eigenvalue weighted by molar-refractivity contribution is 5.91. The van der Waals surface area contributed by atoms with Crippen LogP contribution in [0.15, 0.2) is 30.6 Å². The quantitative estimate of drug-likeness (QED) is 0.872. The summed E-state index contributed by atoms with van der Waals surface area (Å²) < 4.78 is 5.05. The average molecular weight is 283 g/mol. The van der Waals surface area contributed by atoms with Crippen LogP contribution in [0.25, 0.3) is 11.3 Å². The number of hydrogen-bond donors (Lipinski definition) is 1. The second kappa shape index (κ2) is 6.01. The van der Waals surface area contributed by atoms with Gasteiger partial charge in [-0.2, -0.15) is 0 Å². The van der Waals surface area contributed by atoms with Crippen LogP contribution < -0.4 is 5.32 Å². The largest absolute Gasteiger partial charge is 0.462 e. The molecule has 2 aromatic rings. The fourth-order valence-corrected chi connectivity index (χ4v) is 2.54. The van der Waals surface area contributed by atoms with E-state index in [4.69, 9.17) is 4.74 Å². The lowest BCUT2D eigenvalue weighted by molar-refractivity contribution is 0.0526. The van der Waals surface area contributed by atoms with Crippen molar-refractivity contribution in [2.24, 2.45) is 0 Å². The SMILES string of the molecule is CCOC(=O)c1cccc(-c2ncnc3c2CCNC3)c1. The Hall–Kier alpha value is -2.27. The smallest absolute Gasteiger partial charge is 0.338 e. The molecule has 1 aliphatic rings. The van der Waals surface area contributed by atoms with Crippen LogP contribution in [-0.2, 0) is 17.7 Å². The Morgan fingerprint density at radius 2 is 2.29 bits per heavy atom. The average Bonchev–Trinajstić information content (AvgIpc) is 2.55. The van der Waals surface area contributed by atoms with Gasteiger partial charge in [0.2, 0.25) is 0 Å². The summed E-state index contributed by atoms with van der Waals surface area (Å²) in [5.41, 5.74) is 4.59. The number of hydrogen-bond acceptors (Lipinski definition) is 5. The number of benzene rings is 1. The molecule has 5 nitrogen and oxygen atoms in total. The molecule has 108 valence electrons. The van der Waals surface area contributed by atoms with E-state index in [1.807, 2.05) is 18.2 Å². The van der Waals surface area contributed by atoms with Gasteiger partial charge in [0.25, 0.3) is 0 Å². The first kappa shape index (κ1) is 13.7. The fraction of sp³-hybridized carbons (Fsp3) is 0.312. The second-order valence-electron chi connectivity index (χ2n) is 4.88. The lowest BCUT2D eigenvalue weighted by atomic mass is 9.98. The fourth-order valence-electron chi connectivity index (χ4n) is 2.54. The highest BCUT2D eigenvalue weighted by Crippen LogP contribution is 2.25. The van der Waals surface area contributed by atoms with Gasteiger partial charge >= 0.3 is 5.97 Å². The predicted molar refractivity (Wildman–Crippen MR) is 78.8 cm³/mol. The van der Waals surface area contributed by atoms with Crippen LogP contribution in [0.1, 0.15) is 28.5 Å². The molecule has 1 N–H and O–H groups in total. The van der Waals surface area contributed by atoms with E-state index in [1.165, 1.54) is 0 Å². The number of fused-ring (bicyclic) bond motifs is 1. The maximum absolute atomic E-state index is 11.9. The van der Waals surface area contributed by atoms with Crippen molar-refractivity contribution in [1.29, 1.82) is 0 Å². The minimum absolute atomic E-state index is 0.302. The van der Waals surface area contributed by atoms with Gasteiger partial charge in [0.05, 0.1) is 23.6 Å². The summed E-state index contributed by atoms with van der Waals surface area (Å²) in [7, 11) is 0. The van der Waals surface area contributed by atoms with E-state index in [0.29, 0.717) is 12.2 Å². The molecule has 1 aromatic carbocycles.